The predicted octanol–water partition coefficient (Wildman–Crippen LogP) is 4.09. The van der Waals surface area contributed by atoms with Crippen molar-refractivity contribution in [1.29, 1.82) is 0 Å². The Morgan fingerprint density at radius 3 is 1.75 bits per heavy atom. The molecule has 2 heteroatoms. The monoisotopic (exact) mass is 202 g/mol. The number of rotatable bonds is 1. The summed E-state index contributed by atoms with van der Waals surface area (Å²) < 4.78 is 0. The number of benzene rings is 1. The van der Waals surface area contributed by atoms with Crippen LogP contribution >= 0.6 is 23.2 Å². The molecule has 0 radical (unpaired) electrons. The molecule has 0 aromatic heterocycles. The molecule has 66 valence electrons. The summed E-state index contributed by atoms with van der Waals surface area (Å²) >= 11 is 11.7. The topological polar surface area (TPSA) is 0 Å². The van der Waals surface area contributed by atoms with Gasteiger partial charge in [0.1, 0.15) is 4.84 Å². The van der Waals surface area contributed by atoms with Crippen LogP contribution in [0, 0.1) is 20.8 Å². The van der Waals surface area contributed by atoms with Gasteiger partial charge in [-0.05, 0) is 37.5 Å². The molecule has 0 fully saturated rings. The van der Waals surface area contributed by atoms with E-state index in [1.54, 1.807) is 0 Å². The lowest BCUT2D eigenvalue weighted by Gasteiger charge is -2.11. The van der Waals surface area contributed by atoms with Crippen molar-refractivity contribution in [1.82, 2.24) is 0 Å². The van der Waals surface area contributed by atoms with Gasteiger partial charge in [-0.1, -0.05) is 17.7 Å². The molecule has 0 unspecified atom stereocenters. The van der Waals surface area contributed by atoms with E-state index >= 15 is 0 Å². The summed E-state index contributed by atoms with van der Waals surface area (Å²) in [6.45, 7) is 6.14. The molecule has 0 aliphatic heterocycles. The summed E-state index contributed by atoms with van der Waals surface area (Å²) in [5.74, 6) is 0. The van der Waals surface area contributed by atoms with E-state index < -0.39 is 4.84 Å². The zero-order chi connectivity index (χ0) is 9.30. The minimum absolute atomic E-state index is 0.411. The van der Waals surface area contributed by atoms with Gasteiger partial charge in [-0.25, -0.2) is 0 Å². The van der Waals surface area contributed by atoms with E-state index in [9.17, 15) is 0 Å². The predicted molar refractivity (Wildman–Crippen MR) is 55.1 cm³/mol. The molecule has 12 heavy (non-hydrogen) atoms. The van der Waals surface area contributed by atoms with Crippen LogP contribution in [0.5, 0.6) is 0 Å². The molecular weight excluding hydrogens is 191 g/mol. The summed E-state index contributed by atoms with van der Waals surface area (Å²) in [5, 5.41) is 0. The highest BCUT2D eigenvalue weighted by molar-refractivity contribution is 6.44. The van der Waals surface area contributed by atoms with Crippen LogP contribution in [-0.4, -0.2) is 0 Å². The summed E-state index contributed by atoms with van der Waals surface area (Å²) in [6.07, 6.45) is 0. The molecule has 0 spiro atoms. The quantitative estimate of drug-likeness (QED) is 0.603. The second-order valence-electron chi connectivity index (χ2n) is 3.11. The first-order valence-corrected chi connectivity index (χ1v) is 4.75. The van der Waals surface area contributed by atoms with Crippen molar-refractivity contribution in [2.45, 2.75) is 25.6 Å². The van der Waals surface area contributed by atoms with Crippen LogP contribution in [0.4, 0.5) is 0 Å². The molecule has 0 heterocycles. The van der Waals surface area contributed by atoms with Gasteiger partial charge < -0.3 is 0 Å². The number of halogens is 2. The SMILES string of the molecule is Cc1cc(C)c(C(Cl)Cl)c(C)c1. The maximum absolute atomic E-state index is 5.83. The Kier molecular flexibility index (Phi) is 3.03. The van der Waals surface area contributed by atoms with Gasteiger partial charge in [-0.2, -0.15) is 0 Å². The molecule has 1 aromatic rings. The highest BCUT2D eigenvalue weighted by Crippen LogP contribution is 2.30. The standard InChI is InChI=1S/C10H12Cl2/c1-6-4-7(2)9(10(11)12)8(3)5-6/h4-5,10H,1-3H3. The molecule has 0 N–H and O–H groups in total. The van der Waals surface area contributed by atoms with Gasteiger partial charge in [0.25, 0.3) is 0 Å². The second-order valence-corrected chi connectivity index (χ2v) is 4.21. The van der Waals surface area contributed by atoms with Crippen molar-refractivity contribution in [2.24, 2.45) is 0 Å². The fourth-order valence-corrected chi connectivity index (χ4v) is 2.22. The van der Waals surface area contributed by atoms with Crippen molar-refractivity contribution in [3.05, 3.63) is 34.4 Å². The molecule has 0 aliphatic rings. The van der Waals surface area contributed by atoms with Gasteiger partial charge in [0.15, 0.2) is 0 Å². The van der Waals surface area contributed by atoms with E-state index in [1.807, 2.05) is 13.8 Å². The number of hydrogen-bond acceptors (Lipinski definition) is 0. The van der Waals surface area contributed by atoms with Crippen molar-refractivity contribution in [2.75, 3.05) is 0 Å². The van der Waals surface area contributed by atoms with Crippen molar-refractivity contribution < 1.29 is 0 Å². The fourth-order valence-electron chi connectivity index (χ4n) is 1.54. The summed E-state index contributed by atoms with van der Waals surface area (Å²) in [7, 11) is 0. The lowest BCUT2D eigenvalue weighted by Crippen LogP contribution is -1.93. The van der Waals surface area contributed by atoms with E-state index in [2.05, 4.69) is 19.1 Å². The Labute approximate surface area is 83.5 Å². The van der Waals surface area contributed by atoms with Crippen molar-refractivity contribution in [3.63, 3.8) is 0 Å². The van der Waals surface area contributed by atoms with Crippen molar-refractivity contribution >= 4 is 23.2 Å². The molecule has 0 bridgehead atoms. The minimum Gasteiger partial charge on any atom is -0.100 e. The normalized spacial score (nSPS) is 10.8. The van der Waals surface area contributed by atoms with Crippen molar-refractivity contribution in [3.8, 4) is 0 Å². The summed E-state index contributed by atoms with van der Waals surface area (Å²) in [4.78, 5) is -0.411. The van der Waals surface area contributed by atoms with E-state index in [-0.39, 0.29) is 0 Å². The van der Waals surface area contributed by atoms with Gasteiger partial charge in [-0.15, -0.1) is 23.2 Å². The average molecular weight is 203 g/mol. The molecule has 1 aromatic carbocycles. The molecule has 0 aliphatic carbocycles. The average Bonchev–Trinajstić information content (AvgIpc) is 1.82. The van der Waals surface area contributed by atoms with Crippen LogP contribution in [-0.2, 0) is 0 Å². The Bertz CT molecular complexity index is 267. The van der Waals surface area contributed by atoms with Crippen LogP contribution in [0.25, 0.3) is 0 Å². The van der Waals surface area contributed by atoms with E-state index in [1.165, 1.54) is 16.7 Å². The third kappa shape index (κ3) is 1.94. The van der Waals surface area contributed by atoms with Crippen LogP contribution in [0.1, 0.15) is 27.1 Å². The zero-order valence-electron chi connectivity index (χ0n) is 7.49. The van der Waals surface area contributed by atoms with Gasteiger partial charge in [0.05, 0.1) is 0 Å². The molecular formula is C10H12Cl2. The summed E-state index contributed by atoms with van der Waals surface area (Å²) in [5.41, 5.74) is 4.64. The molecule has 0 nitrogen and oxygen atoms in total. The lowest BCUT2D eigenvalue weighted by molar-refractivity contribution is 1.19. The largest absolute Gasteiger partial charge is 0.133 e. The Balaban J connectivity index is 3.28. The first kappa shape index (κ1) is 9.88. The Morgan fingerprint density at radius 2 is 1.42 bits per heavy atom. The number of aryl methyl sites for hydroxylation is 3. The molecule has 1 rings (SSSR count). The third-order valence-corrected chi connectivity index (χ3v) is 2.39. The second kappa shape index (κ2) is 3.68. The van der Waals surface area contributed by atoms with Gasteiger partial charge in [0, 0.05) is 0 Å². The van der Waals surface area contributed by atoms with Gasteiger partial charge >= 0.3 is 0 Å². The summed E-state index contributed by atoms with van der Waals surface area (Å²) in [6, 6.07) is 4.19. The van der Waals surface area contributed by atoms with Gasteiger partial charge in [-0.3, -0.25) is 0 Å². The maximum atomic E-state index is 5.83. The molecule has 0 saturated carbocycles. The highest BCUT2D eigenvalue weighted by atomic mass is 35.5. The number of hydrogen-bond donors (Lipinski definition) is 0. The van der Waals surface area contributed by atoms with Crippen LogP contribution in [0.2, 0.25) is 0 Å². The van der Waals surface area contributed by atoms with Gasteiger partial charge in [0.2, 0.25) is 0 Å². The van der Waals surface area contributed by atoms with E-state index in [0.717, 1.165) is 5.56 Å². The van der Waals surface area contributed by atoms with E-state index in [0.29, 0.717) is 0 Å². The van der Waals surface area contributed by atoms with Crippen LogP contribution < -0.4 is 0 Å². The van der Waals surface area contributed by atoms with E-state index in [4.69, 9.17) is 23.2 Å². The Morgan fingerprint density at radius 1 is 1.00 bits per heavy atom. The smallest absolute Gasteiger partial charge is 0.100 e. The zero-order valence-corrected chi connectivity index (χ0v) is 9.00. The minimum atomic E-state index is -0.411. The fraction of sp³-hybridized carbons (Fsp3) is 0.400. The number of alkyl halides is 2. The highest BCUT2D eigenvalue weighted by Gasteiger charge is 2.10. The Hall–Kier alpha value is -0.200. The lowest BCUT2D eigenvalue weighted by atomic mass is 10.0. The molecule has 0 amide bonds. The van der Waals surface area contributed by atoms with Crippen LogP contribution in [0.3, 0.4) is 0 Å². The molecule has 0 saturated heterocycles. The first-order chi connectivity index (χ1) is 5.52. The molecule has 0 atom stereocenters. The van der Waals surface area contributed by atoms with Crippen LogP contribution in [0.15, 0.2) is 12.1 Å². The first-order valence-electron chi connectivity index (χ1n) is 3.88. The maximum Gasteiger partial charge on any atom is 0.133 e. The third-order valence-electron chi connectivity index (χ3n) is 1.96.